The van der Waals surface area contributed by atoms with Crippen molar-refractivity contribution in [3.8, 4) is 0 Å². The summed E-state index contributed by atoms with van der Waals surface area (Å²) >= 11 is 0. The maximum atomic E-state index is 6.61. The maximum Gasteiger partial charge on any atom is 0.176 e. The molecule has 6 heteroatoms. The lowest BCUT2D eigenvalue weighted by Crippen LogP contribution is -2.66. The van der Waals surface area contributed by atoms with Gasteiger partial charge in [0.2, 0.25) is 0 Å². The fourth-order valence-corrected chi connectivity index (χ4v) is 5.25. The van der Waals surface area contributed by atoms with E-state index >= 15 is 0 Å². The zero-order chi connectivity index (χ0) is 20.4. The molecule has 3 rings (SSSR count). The highest BCUT2D eigenvalue weighted by atomic mass is 16.7. The molecule has 0 amide bonds. The van der Waals surface area contributed by atoms with Crippen LogP contribution < -0.4 is 5.73 Å². The van der Waals surface area contributed by atoms with Gasteiger partial charge in [0.15, 0.2) is 6.29 Å². The average molecular weight is 392 g/mol. The maximum absolute atomic E-state index is 6.61. The molecule has 1 aliphatic carbocycles. The second-order valence-corrected chi connectivity index (χ2v) is 10.1. The summed E-state index contributed by atoms with van der Waals surface area (Å²) in [5, 5.41) is 2.30. The van der Waals surface area contributed by atoms with E-state index in [-0.39, 0.29) is 17.4 Å². The predicted octanol–water partition coefficient (Wildman–Crippen LogP) is 4.45. The topological polar surface area (TPSA) is 66.5 Å². The first-order chi connectivity index (χ1) is 13.2. The molecule has 1 unspecified atom stereocenters. The van der Waals surface area contributed by atoms with Crippen LogP contribution >= 0.6 is 0 Å². The van der Waals surface area contributed by atoms with Crippen molar-refractivity contribution < 1.29 is 4.84 Å². The lowest BCUT2D eigenvalue weighted by molar-refractivity contribution is -0.313. The third kappa shape index (κ3) is 4.95. The smallest absolute Gasteiger partial charge is 0.176 e. The first kappa shape index (κ1) is 21.7. The Bertz CT molecular complexity index is 561. The molecule has 0 aromatic heterocycles. The van der Waals surface area contributed by atoms with E-state index in [9.17, 15) is 0 Å². The molecule has 1 saturated carbocycles. The summed E-state index contributed by atoms with van der Waals surface area (Å²) in [4.78, 5) is 18.0. The van der Waals surface area contributed by atoms with Gasteiger partial charge in [0.1, 0.15) is 5.84 Å². The molecule has 2 aliphatic heterocycles. The number of hydrogen-bond donors (Lipinski definition) is 1. The molecular formula is C22H41N5O. The Kier molecular flexibility index (Phi) is 6.83. The van der Waals surface area contributed by atoms with Crippen LogP contribution in [0.3, 0.4) is 0 Å². The minimum atomic E-state index is -0.327. The Morgan fingerprint density at radius 2 is 1.75 bits per heavy atom. The molecule has 2 heterocycles. The van der Waals surface area contributed by atoms with Crippen LogP contribution in [0.4, 0.5) is 0 Å². The third-order valence-corrected chi connectivity index (χ3v) is 6.48. The van der Waals surface area contributed by atoms with Crippen molar-refractivity contribution in [1.29, 1.82) is 0 Å². The quantitative estimate of drug-likeness (QED) is 0.726. The Morgan fingerprint density at radius 1 is 1.11 bits per heavy atom. The summed E-state index contributed by atoms with van der Waals surface area (Å²) in [5.41, 5.74) is 6.30. The number of nitrogens with two attached hydrogens (primary N) is 1. The second-order valence-electron chi connectivity index (χ2n) is 10.1. The molecule has 0 bridgehead atoms. The van der Waals surface area contributed by atoms with Gasteiger partial charge in [-0.15, -0.1) is 0 Å². The molecule has 0 aromatic carbocycles. The van der Waals surface area contributed by atoms with Crippen molar-refractivity contribution in [2.24, 2.45) is 15.7 Å². The minimum absolute atomic E-state index is 0.0658. The summed E-state index contributed by atoms with van der Waals surface area (Å²) in [7, 11) is 0. The molecule has 2 fully saturated rings. The zero-order valence-corrected chi connectivity index (χ0v) is 18.7. The summed E-state index contributed by atoms with van der Waals surface area (Å²) < 4.78 is 0. The van der Waals surface area contributed by atoms with Gasteiger partial charge in [0, 0.05) is 23.5 Å². The van der Waals surface area contributed by atoms with Crippen molar-refractivity contribution >= 4 is 12.2 Å². The van der Waals surface area contributed by atoms with Crippen LogP contribution in [0.25, 0.3) is 0 Å². The molecule has 160 valence electrons. The highest BCUT2D eigenvalue weighted by Crippen LogP contribution is 2.42. The van der Waals surface area contributed by atoms with E-state index in [1.807, 2.05) is 6.34 Å². The van der Waals surface area contributed by atoms with Gasteiger partial charge in [0.25, 0.3) is 0 Å². The number of nitrogens with zero attached hydrogens (tertiary/aromatic N) is 4. The third-order valence-electron chi connectivity index (χ3n) is 6.48. The Morgan fingerprint density at radius 3 is 2.32 bits per heavy atom. The van der Waals surface area contributed by atoms with Crippen molar-refractivity contribution in [1.82, 2.24) is 9.96 Å². The van der Waals surface area contributed by atoms with E-state index in [4.69, 9.17) is 10.6 Å². The van der Waals surface area contributed by atoms with Gasteiger partial charge in [-0.05, 0) is 59.8 Å². The van der Waals surface area contributed by atoms with Crippen molar-refractivity contribution in [3.63, 3.8) is 0 Å². The van der Waals surface area contributed by atoms with E-state index in [1.165, 1.54) is 32.1 Å². The zero-order valence-electron chi connectivity index (χ0n) is 18.7. The fraction of sp³-hybridized carbons (Fsp3) is 0.909. The lowest BCUT2D eigenvalue weighted by atomic mass is 9.78. The number of piperidine rings is 1. The van der Waals surface area contributed by atoms with E-state index in [2.05, 4.69) is 54.6 Å². The van der Waals surface area contributed by atoms with Gasteiger partial charge in [-0.3, -0.25) is 10.6 Å². The number of aliphatic imine (C=N–C) groups is 2. The van der Waals surface area contributed by atoms with Gasteiger partial charge < -0.3 is 4.90 Å². The first-order valence-electron chi connectivity index (χ1n) is 11.3. The average Bonchev–Trinajstić information content (AvgIpc) is 2.63. The predicted molar refractivity (Wildman–Crippen MR) is 116 cm³/mol. The molecule has 0 spiro atoms. The monoisotopic (exact) mass is 391 g/mol. The minimum Gasteiger partial charge on any atom is -0.325 e. The van der Waals surface area contributed by atoms with Gasteiger partial charge in [-0.1, -0.05) is 32.6 Å². The first-order valence-corrected chi connectivity index (χ1v) is 11.3. The second kappa shape index (κ2) is 8.80. The van der Waals surface area contributed by atoms with E-state index in [1.54, 1.807) is 0 Å². The van der Waals surface area contributed by atoms with E-state index in [0.717, 1.165) is 37.9 Å². The number of amidine groups is 1. The molecule has 1 atom stereocenters. The van der Waals surface area contributed by atoms with Crippen LogP contribution in [0.1, 0.15) is 98.8 Å². The summed E-state index contributed by atoms with van der Waals surface area (Å²) in [6, 6.07) is 0.312. The number of unbranched alkanes of at least 4 members (excludes halogenated alkanes) is 1. The Hall–Kier alpha value is -0.980. The van der Waals surface area contributed by atoms with Crippen LogP contribution in [-0.2, 0) is 4.84 Å². The van der Waals surface area contributed by atoms with Crippen molar-refractivity contribution in [2.45, 2.75) is 128 Å². The van der Waals surface area contributed by atoms with Crippen LogP contribution in [0.15, 0.2) is 9.98 Å². The number of rotatable bonds is 6. The van der Waals surface area contributed by atoms with Crippen LogP contribution in [0.2, 0.25) is 0 Å². The van der Waals surface area contributed by atoms with Crippen LogP contribution in [0.5, 0.6) is 0 Å². The van der Waals surface area contributed by atoms with Gasteiger partial charge >= 0.3 is 0 Å². The molecule has 0 radical (unpaired) electrons. The Balaban J connectivity index is 1.68. The SMILES string of the molecule is CCCCC1=NC(N)N(C2CC(C)(C)N(OC3CCCCC3)C(C)(C)C2)C=N1. The molecule has 0 aromatic rings. The van der Waals surface area contributed by atoms with Gasteiger partial charge in [-0.2, -0.15) is 5.06 Å². The van der Waals surface area contributed by atoms with Crippen molar-refractivity contribution in [2.75, 3.05) is 0 Å². The number of hydrogen-bond acceptors (Lipinski definition) is 6. The largest absolute Gasteiger partial charge is 0.325 e. The van der Waals surface area contributed by atoms with Gasteiger partial charge in [-0.25, -0.2) is 9.98 Å². The number of hydroxylamine groups is 2. The molecular weight excluding hydrogens is 350 g/mol. The summed E-state index contributed by atoms with van der Waals surface area (Å²) in [6.45, 7) is 11.4. The summed E-state index contributed by atoms with van der Waals surface area (Å²) in [6.07, 6.45) is 13.4. The van der Waals surface area contributed by atoms with Gasteiger partial charge in [0.05, 0.1) is 12.4 Å². The highest BCUT2D eigenvalue weighted by molar-refractivity contribution is 5.90. The molecule has 3 aliphatic rings. The summed E-state index contributed by atoms with van der Waals surface area (Å²) in [5.74, 6) is 0.891. The molecule has 28 heavy (non-hydrogen) atoms. The van der Waals surface area contributed by atoms with Crippen LogP contribution in [0, 0.1) is 0 Å². The van der Waals surface area contributed by atoms with Crippen molar-refractivity contribution in [3.05, 3.63) is 0 Å². The molecule has 2 N–H and O–H groups in total. The van der Waals surface area contributed by atoms with Crippen LogP contribution in [-0.4, -0.2) is 51.7 Å². The fourth-order valence-electron chi connectivity index (χ4n) is 5.25. The molecule has 1 saturated heterocycles. The highest BCUT2D eigenvalue weighted by Gasteiger charge is 2.49. The van der Waals surface area contributed by atoms with E-state index in [0.29, 0.717) is 12.1 Å². The standard InChI is InChI=1S/C22H41N5O/c1-6-7-13-19-24-16-26(20(23)25-19)17-14-21(2,3)27(22(4,5)15-17)28-18-11-9-8-10-12-18/h16-18,20H,6-15,23H2,1-5H3. The Labute approximate surface area is 171 Å². The lowest BCUT2D eigenvalue weighted by Gasteiger charge is -2.56. The molecule has 6 nitrogen and oxygen atoms in total. The van der Waals surface area contributed by atoms with E-state index < -0.39 is 0 Å². The normalized spacial score (nSPS) is 29.1.